The Hall–Kier alpha value is -4.01. The van der Waals surface area contributed by atoms with Gasteiger partial charge < -0.3 is 10.4 Å². The number of carbonyl (C=O) groups excluding carboxylic acids is 1. The molecule has 2 heterocycles. The van der Waals surface area contributed by atoms with E-state index in [4.69, 9.17) is 10.3 Å². The molecule has 168 valence electrons. The van der Waals surface area contributed by atoms with Crippen LogP contribution < -0.4 is 15.5 Å². The van der Waals surface area contributed by atoms with Crippen LogP contribution in [-0.4, -0.2) is 39.6 Å². The molecule has 0 saturated carbocycles. The van der Waals surface area contributed by atoms with Gasteiger partial charge in [0.2, 0.25) is 12.4 Å². The number of hydrogen-bond donors (Lipinski definition) is 5. The van der Waals surface area contributed by atoms with Crippen molar-refractivity contribution < 1.29 is 25.0 Å². The molecule has 4 rings (SSSR count). The maximum Gasteiger partial charge on any atom is 0.275 e. The summed E-state index contributed by atoms with van der Waals surface area (Å²) < 4.78 is 0.869. The highest BCUT2D eigenvalue weighted by molar-refractivity contribution is 6.06. The summed E-state index contributed by atoms with van der Waals surface area (Å²) in [4.78, 5) is 16.8. The minimum absolute atomic E-state index is 0.211. The molecule has 0 radical (unpaired) electrons. The Morgan fingerprint density at radius 1 is 0.939 bits per heavy atom. The number of fused-ring (bicyclic) bond motifs is 1. The van der Waals surface area contributed by atoms with Gasteiger partial charge in [-0.05, 0) is 42.2 Å². The number of hydroxylamine groups is 1. The van der Waals surface area contributed by atoms with Gasteiger partial charge in [-0.15, -0.1) is 0 Å². The molecular formula is C25H25N4O4+. The first-order chi connectivity index (χ1) is 16.1. The number of rotatable bonds is 8. The second kappa shape index (κ2) is 10.1. The second-order valence-corrected chi connectivity index (χ2v) is 7.63. The average molecular weight is 445 g/mol. The van der Waals surface area contributed by atoms with Gasteiger partial charge >= 0.3 is 0 Å². The Morgan fingerprint density at radius 3 is 2.27 bits per heavy atom. The summed E-state index contributed by atoms with van der Waals surface area (Å²) in [6, 6.07) is 19.1. The van der Waals surface area contributed by atoms with Gasteiger partial charge in [0, 0.05) is 40.6 Å². The van der Waals surface area contributed by atoms with Crippen molar-refractivity contribution in [2.75, 3.05) is 18.5 Å². The van der Waals surface area contributed by atoms with Crippen molar-refractivity contribution in [1.29, 1.82) is 0 Å². The van der Waals surface area contributed by atoms with E-state index in [2.05, 4.69) is 10.3 Å². The predicted octanol–water partition coefficient (Wildman–Crippen LogP) is 3.40. The summed E-state index contributed by atoms with van der Waals surface area (Å²) in [7, 11) is 0. The molecule has 0 aliphatic rings. The molecule has 0 unspecified atom stereocenters. The van der Waals surface area contributed by atoms with Crippen LogP contribution >= 0.6 is 0 Å². The lowest BCUT2D eigenvalue weighted by atomic mass is 10.0. The standard InChI is InChI=1S/C25H24N4O4/c30-14-2-1-12-26-20-9-7-18(8-10-20)17-3-5-19(6-4-17)23-15-22(25(31)28-32)21-11-13-29(33)16-24(21)27-23/h3-11,13,15-16,30H,1-2,12,14H2,(H3-,26,27,28,31,32,33)/p+1. The monoisotopic (exact) mass is 445 g/mol. The zero-order chi connectivity index (χ0) is 23.2. The van der Waals surface area contributed by atoms with E-state index in [0.29, 0.717) is 16.6 Å². The molecule has 0 saturated heterocycles. The minimum Gasteiger partial charge on any atom is -0.396 e. The molecule has 33 heavy (non-hydrogen) atoms. The molecule has 0 bridgehead atoms. The third-order valence-electron chi connectivity index (χ3n) is 5.40. The SMILES string of the molecule is O=C(NO)c1cc(-c2ccc(-c3ccc(NCCCCO)cc3)cc2)nc2c[n+](O)ccc12. The fraction of sp³-hybridized carbons (Fsp3) is 0.160. The summed E-state index contributed by atoms with van der Waals surface area (Å²) in [6.45, 7) is 1.03. The highest BCUT2D eigenvalue weighted by Gasteiger charge is 2.16. The number of unbranched alkanes of at least 4 members (excludes halogenated alkanes) is 1. The van der Waals surface area contributed by atoms with Crippen molar-refractivity contribution in [2.45, 2.75) is 12.8 Å². The fourth-order valence-electron chi connectivity index (χ4n) is 3.65. The zero-order valence-electron chi connectivity index (χ0n) is 17.9. The van der Waals surface area contributed by atoms with Gasteiger partial charge in [-0.3, -0.25) is 15.2 Å². The molecule has 0 fully saturated rings. The number of aliphatic hydroxyl groups excluding tert-OH is 1. The molecule has 0 atom stereocenters. The first-order valence-corrected chi connectivity index (χ1v) is 10.6. The first-order valence-electron chi connectivity index (χ1n) is 10.6. The number of anilines is 1. The van der Waals surface area contributed by atoms with Crippen LogP contribution in [0, 0.1) is 0 Å². The van der Waals surface area contributed by atoms with Crippen molar-refractivity contribution in [1.82, 2.24) is 10.5 Å². The summed E-state index contributed by atoms with van der Waals surface area (Å²) >= 11 is 0. The minimum atomic E-state index is -0.652. The Kier molecular flexibility index (Phi) is 6.77. The Morgan fingerprint density at radius 2 is 1.61 bits per heavy atom. The van der Waals surface area contributed by atoms with E-state index in [-0.39, 0.29) is 12.2 Å². The molecule has 2 aromatic carbocycles. The number of nitrogens with zero attached hydrogens (tertiary/aromatic N) is 2. The van der Waals surface area contributed by atoms with Crippen LogP contribution in [0.1, 0.15) is 23.2 Å². The lowest BCUT2D eigenvalue weighted by Gasteiger charge is -2.09. The predicted molar refractivity (Wildman–Crippen MR) is 124 cm³/mol. The molecule has 4 aromatic rings. The zero-order valence-corrected chi connectivity index (χ0v) is 17.9. The van der Waals surface area contributed by atoms with E-state index in [1.165, 1.54) is 12.4 Å². The molecule has 5 N–H and O–H groups in total. The van der Waals surface area contributed by atoms with Crippen molar-refractivity contribution in [3.8, 4) is 22.4 Å². The van der Waals surface area contributed by atoms with Gasteiger partial charge in [-0.1, -0.05) is 36.4 Å². The smallest absolute Gasteiger partial charge is 0.275 e. The van der Waals surface area contributed by atoms with Crippen LogP contribution in [0.2, 0.25) is 0 Å². The average Bonchev–Trinajstić information content (AvgIpc) is 2.86. The van der Waals surface area contributed by atoms with E-state index in [9.17, 15) is 10.0 Å². The molecule has 8 nitrogen and oxygen atoms in total. The number of amides is 1. The molecule has 2 aromatic heterocycles. The van der Waals surface area contributed by atoms with Crippen LogP contribution in [0.25, 0.3) is 33.3 Å². The number of hydrogen-bond acceptors (Lipinski definition) is 6. The van der Waals surface area contributed by atoms with Crippen LogP contribution in [-0.2, 0) is 0 Å². The number of nitrogens with one attached hydrogen (secondary N) is 2. The van der Waals surface area contributed by atoms with Gasteiger partial charge in [-0.25, -0.2) is 10.5 Å². The van der Waals surface area contributed by atoms with Crippen LogP contribution in [0.5, 0.6) is 0 Å². The molecular weight excluding hydrogens is 420 g/mol. The number of carbonyl (C=O) groups is 1. The largest absolute Gasteiger partial charge is 0.396 e. The van der Waals surface area contributed by atoms with Gasteiger partial charge in [-0.2, -0.15) is 0 Å². The van der Waals surface area contributed by atoms with Gasteiger partial charge in [0.15, 0.2) is 0 Å². The fourth-order valence-corrected chi connectivity index (χ4v) is 3.65. The van der Waals surface area contributed by atoms with Crippen molar-refractivity contribution in [2.24, 2.45) is 0 Å². The van der Waals surface area contributed by atoms with Crippen LogP contribution in [0.3, 0.4) is 0 Å². The Balaban J connectivity index is 1.58. The van der Waals surface area contributed by atoms with E-state index < -0.39 is 5.91 Å². The highest BCUT2D eigenvalue weighted by atomic mass is 16.5. The number of pyridine rings is 2. The van der Waals surface area contributed by atoms with Crippen molar-refractivity contribution in [3.63, 3.8) is 0 Å². The van der Waals surface area contributed by atoms with Gasteiger partial charge in [0.05, 0.1) is 11.3 Å². The maximum atomic E-state index is 12.2. The molecule has 0 aliphatic carbocycles. The van der Waals surface area contributed by atoms with Gasteiger partial charge in [0.25, 0.3) is 5.91 Å². The molecule has 0 aliphatic heterocycles. The normalized spacial score (nSPS) is 10.8. The Bertz CT molecular complexity index is 1260. The molecule has 0 spiro atoms. The van der Waals surface area contributed by atoms with E-state index >= 15 is 0 Å². The maximum absolute atomic E-state index is 12.2. The van der Waals surface area contributed by atoms with E-state index in [0.717, 1.165) is 46.5 Å². The third-order valence-corrected chi connectivity index (χ3v) is 5.40. The lowest BCUT2D eigenvalue weighted by Crippen LogP contribution is -2.28. The van der Waals surface area contributed by atoms with E-state index in [1.54, 1.807) is 17.6 Å². The lowest BCUT2D eigenvalue weighted by molar-refractivity contribution is -0.904. The Labute approximate surface area is 190 Å². The van der Waals surface area contributed by atoms with Crippen molar-refractivity contribution in [3.05, 3.63) is 78.6 Å². The van der Waals surface area contributed by atoms with Crippen LogP contribution in [0.15, 0.2) is 73.1 Å². The molecule has 8 heteroatoms. The number of aromatic nitrogens is 2. The van der Waals surface area contributed by atoms with Crippen LogP contribution in [0.4, 0.5) is 5.69 Å². The topological polar surface area (TPSA) is 119 Å². The second-order valence-electron chi connectivity index (χ2n) is 7.63. The number of aliphatic hydroxyl groups is 1. The quantitative estimate of drug-likeness (QED) is 0.0933. The van der Waals surface area contributed by atoms with Gasteiger partial charge in [0.1, 0.15) is 5.52 Å². The number of benzene rings is 2. The van der Waals surface area contributed by atoms with Crippen molar-refractivity contribution >= 4 is 22.5 Å². The molecule has 1 amide bonds. The summed E-state index contributed by atoms with van der Waals surface area (Å²) in [6.07, 6.45) is 4.50. The highest BCUT2D eigenvalue weighted by Crippen LogP contribution is 2.27. The summed E-state index contributed by atoms with van der Waals surface area (Å²) in [5.41, 5.74) is 6.81. The van der Waals surface area contributed by atoms with E-state index in [1.807, 2.05) is 48.5 Å². The third kappa shape index (κ3) is 5.08. The summed E-state index contributed by atoms with van der Waals surface area (Å²) in [5, 5.41) is 31.6. The first kappa shape index (κ1) is 22.2. The summed E-state index contributed by atoms with van der Waals surface area (Å²) in [5.74, 6) is -0.652.